The van der Waals surface area contributed by atoms with Crippen LogP contribution in [0.25, 0.3) is 28.2 Å². The van der Waals surface area contributed by atoms with Gasteiger partial charge in [-0.25, -0.2) is 0 Å². The molecule has 0 saturated heterocycles. The number of benzene rings is 3. The van der Waals surface area contributed by atoms with Gasteiger partial charge in [0.15, 0.2) is 5.78 Å². The quantitative estimate of drug-likeness (QED) is 0.185. The van der Waals surface area contributed by atoms with E-state index in [1.165, 1.54) is 5.56 Å². The van der Waals surface area contributed by atoms with Crippen molar-refractivity contribution >= 4 is 17.4 Å². The first-order valence-corrected chi connectivity index (χ1v) is 12.1. The fraction of sp³-hybridized carbons (Fsp3) is 0.233. The van der Waals surface area contributed by atoms with Crippen LogP contribution in [0.3, 0.4) is 0 Å². The average molecular weight is 471 g/mol. The van der Waals surface area contributed by atoms with Crippen molar-refractivity contribution in [3.8, 4) is 28.2 Å². The van der Waals surface area contributed by atoms with E-state index >= 15 is 0 Å². The van der Waals surface area contributed by atoms with Crippen LogP contribution in [0, 0.1) is 6.92 Å². The molecule has 0 aliphatic carbocycles. The van der Waals surface area contributed by atoms with Crippen molar-refractivity contribution in [1.29, 1.82) is 0 Å². The Balaban J connectivity index is 1.66. The molecule has 4 aromatic rings. The lowest BCUT2D eigenvalue weighted by molar-refractivity contribution is 0.0978. The van der Waals surface area contributed by atoms with E-state index in [4.69, 9.17) is 11.6 Å². The summed E-state index contributed by atoms with van der Waals surface area (Å²) in [4.78, 5) is 14.8. The minimum Gasteiger partial charge on any atom is -0.309 e. The Labute approximate surface area is 207 Å². The highest BCUT2D eigenvalue weighted by Crippen LogP contribution is 2.34. The fourth-order valence-corrected chi connectivity index (χ4v) is 4.39. The molecular formula is C30H31ClN2O. The van der Waals surface area contributed by atoms with Crippen molar-refractivity contribution in [2.75, 3.05) is 20.6 Å². The summed E-state index contributed by atoms with van der Waals surface area (Å²) in [5.41, 5.74) is 7.47. The molecule has 1 heterocycles. The molecule has 0 aliphatic rings. The SMILES string of the molecule is Cc1ccccc1-n1c(-c2ccc(Cl)cc2)ccc1-c1ccc(C(=O)CCCCN(C)C)cc1. The second-order valence-corrected chi connectivity index (χ2v) is 9.43. The maximum Gasteiger partial charge on any atom is 0.162 e. The summed E-state index contributed by atoms with van der Waals surface area (Å²) >= 11 is 6.14. The van der Waals surface area contributed by atoms with Crippen molar-refractivity contribution in [3.05, 3.63) is 101 Å². The number of nitrogens with zero attached hydrogens (tertiary/aromatic N) is 2. The van der Waals surface area contributed by atoms with Crippen molar-refractivity contribution < 1.29 is 4.79 Å². The van der Waals surface area contributed by atoms with Gasteiger partial charge in [-0.3, -0.25) is 4.79 Å². The molecule has 0 amide bonds. The average Bonchev–Trinajstić information content (AvgIpc) is 3.27. The van der Waals surface area contributed by atoms with Gasteiger partial charge >= 0.3 is 0 Å². The third-order valence-electron chi connectivity index (χ3n) is 6.14. The molecule has 0 aliphatic heterocycles. The van der Waals surface area contributed by atoms with Crippen LogP contribution in [0.4, 0.5) is 0 Å². The molecule has 34 heavy (non-hydrogen) atoms. The van der Waals surface area contributed by atoms with Gasteiger partial charge in [-0.05, 0) is 87.4 Å². The molecule has 174 valence electrons. The van der Waals surface area contributed by atoms with Gasteiger partial charge in [0.2, 0.25) is 0 Å². The molecule has 0 fully saturated rings. The van der Waals surface area contributed by atoms with Crippen molar-refractivity contribution in [2.45, 2.75) is 26.2 Å². The predicted molar refractivity (Wildman–Crippen MR) is 143 cm³/mol. The number of para-hydroxylation sites is 1. The van der Waals surface area contributed by atoms with Crippen LogP contribution in [-0.2, 0) is 0 Å². The molecule has 0 N–H and O–H groups in total. The second-order valence-electron chi connectivity index (χ2n) is 8.99. The van der Waals surface area contributed by atoms with E-state index in [-0.39, 0.29) is 5.78 Å². The highest BCUT2D eigenvalue weighted by molar-refractivity contribution is 6.30. The fourth-order valence-electron chi connectivity index (χ4n) is 4.27. The molecule has 3 nitrogen and oxygen atoms in total. The summed E-state index contributed by atoms with van der Waals surface area (Å²) in [6.45, 7) is 3.14. The largest absolute Gasteiger partial charge is 0.309 e. The smallest absolute Gasteiger partial charge is 0.162 e. The minimum atomic E-state index is 0.210. The summed E-state index contributed by atoms with van der Waals surface area (Å²) in [5, 5.41) is 0.722. The Morgan fingerprint density at radius 2 is 1.38 bits per heavy atom. The lowest BCUT2D eigenvalue weighted by Gasteiger charge is -2.17. The number of hydrogen-bond donors (Lipinski definition) is 0. The number of Topliss-reactive ketones (excluding diaryl/α,β-unsaturated/α-hetero) is 1. The van der Waals surface area contributed by atoms with Crippen LogP contribution in [0.15, 0.2) is 84.9 Å². The van der Waals surface area contributed by atoms with Crippen molar-refractivity contribution in [2.24, 2.45) is 0 Å². The number of halogens is 1. The molecule has 0 saturated carbocycles. The molecule has 0 atom stereocenters. The van der Waals surface area contributed by atoms with Crippen LogP contribution >= 0.6 is 11.6 Å². The molecule has 4 heteroatoms. The van der Waals surface area contributed by atoms with Crippen LogP contribution in [-0.4, -0.2) is 35.9 Å². The van der Waals surface area contributed by atoms with Crippen molar-refractivity contribution in [1.82, 2.24) is 9.47 Å². The molecule has 0 spiro atoms. The summed E-state index contributed by atoms with van der Waals surface area (Å²) in [7, 11) is 4.12. The van der Waals surface area contributed by atoms with Gasteiger partial charge in [0.05, 0.1) is 11.4 Å². The van der Waals surface area contributed by atoms with E-state index in [9.17, 15) is 4.79 Å². The summed E-state index contributed by atoms with van der Waals surface area (Å²) in [5.74, 6) is 0.210. The number of carbonyl (C=O) groups excluding carboxylic acids is 1. The number of aryl methyl sites for hydroxylation is 1. The number of rotatable bonds is 9. The summed E-state index contributed by atoms with van der Waals surface area (Å²) < 4.78 is 2.29. The van der Waals surface area contributed by atoms with Crippen LogP contribution < -0.4 is 0 Å². The van der Waals surface area contributed by atoms with Crippen molar-refractivity contribution in [3.63, 3.8) is 0 Å². The highest BCUT2D eigenvalue weighted by atomic mass is 35.5. The van der Waals surface area contributed by atoms with Crippen LogP contribution in [0.2, 0.25) is 5.02 Å². The highest BCUT2D eigenvalue weighted by Gasteiger charge is 2.16. The van der Waals surface area contributed by atoms with E-state index in [2.05, 4.69) is 79.0 Å². The van der Waals surface area contributed by atoms with E-state index in [1.807, 2.05) is 36.4 Å². The Bertz CT molecular complexity index is 1250. The monoisotopic (exact) mass is 470 g/mol. The van der Waals surface area contributed by atoms with Gasteiger partial charge in [0.25, 0.3) is 0 Å². The van der Waals surface area contributed by atoms with Gasteiger partial charge in [-0.1, -0.05) is 66.2 Å². The first-order chi connectivity index (χ1) is 16.4. The predicted octanol–water partition coefficient (Wildman–Crippen LogP) is 7.69. The summed E-state index contributed by atoms with van der Waals surface area (Å²) in [6.07, 6.45) is 2.54. The zero-order valence-electron chi connectivity index (χ0n) is 20.1. The van der Waals surface area contributed by atoms with Gasteiger partial charge in [0, 0.05) is 22.7 Å². The Morgan fingerprint density at radius 3 is 1.97 bits per heavy atom. The molecule has 0 radical (unpaired) electrons. The Hall–Kier alpha value is -3.14. The normalized spacial score (nSPS) is 11.2. The molecule has 4 rings (SSSR count). The van der Waals surface area contributed by atoms with Gasteiger partial charge < -0.3 is 9.47 Å². The van der Waals surface area contributed by atoms with Crippen LogP contribution in [0.5, 0.6) is 0 Å². The zero-order chi connectivity index (χ0) is 24.1. The van der Waals surface area contributed by atoms with E-state index in [0.717, 1.165) is 58.2 Å². The topological polar surface area (TPSA) is 25.2 Å². The third kappa shape index (κ3) is 5.49. The first-order valence-electron chi connectivity index (χ1n) is 11.8. The molecule has 1 aromatic heterocycles. The number of unbranched alkanes of at least 4 members (excludes halogenated alkanes) is 1. The Kier molecular flexibility index (Phi) is 7.66. The lowest BCUT2D eigenvalue weighted by Crippen LogP contribution is -2.13. The number of ketones is 1. The summed E-state index contributed by atoms with van der Waals surface area (Å²) in [6, 6.07) is 28.7. The van der Waals surface area contributed by atoms with E-state index in [0.29, 0.717) is 6.42 Å². The van der Waals surface area contributed by atoms with E-state index in [1.54, 1.807) is 0 Å². The first kappa shape index (κ1) is 24.0. The molecule has 3 aromatic carbocycles. The lowest BCUT2D eigenvalue weighted by atomic mass is 10.0. The maximum absolute atomic E-state index is 12.7. The van der Waals surface area contributed by atoms with Gasteiger partial charge in [-0.2, -0.15) is 0 Å². The van der Waals surface area contributed by atoms with E-state index < -0.39 is 0 Å². The molecule has 0 unspecified atom stereocenters. The standard InChI is InChI=1S/C30H31ClN2O/c1-22-8-4-5-9-27(22)33-28(19-20-29(33)24-15-17-26(31)18-16-24)23-11-13-25(14-12-23)30(34)10-6-7-21-32(2)3/h4-5,8-9,11-20H,6-7,10,21H2,1-3H3. The molecule has 0 bridgehead atoms. The zero-order valence-corrected chi connectivity index (χ0v) is 20.8. The minimum absolute atomic E-state index is 0.210. The third-order valence-corrected chi connectivity index (χ3v) is 6.39. The van der Waals surface area contributed by atoms with Crippen LogP contribution in [0.1, 0.15) is 35.2 Å². The molecular weight excluding hydrogens is 440 g/mol. The number of carbonyl (C=O) groups is 1. The van der Waals surface area contributed by atoms with Gasteiger partial charge in [0.1, 0.15) is 0 Å². The second kappa shape index (κ2) is 10.9. The number of hydrogen-bond acceptors (Lipinski definition) is 2. The Morgan fingerprint density at radius 1 is 0.794 bits per heavy atom. The van der Waals surface area contributed by atoms with Gasteiger partial charge in [-0.15, -0.1) is 0 Å². The number of aromatic nitrogens is 1. The maximum atomic E-state index is 12.7.